The lowest BCUT2D eigenvalue weighted by Gasteiger charge is -2.36. The van der Waals surface area contributed by atoms with E-state index in [1.807, 2.05) is 0 Å². The standard InChI is InChI=1S/C72H46N2/c1-4-23-48(24-5-1)73(49-25-6-2-7-26-49)51-40-43-67-60(45-51)57-33-15-20-38-64(57)72(67)65-39-21-16-34-58(65)69-53-29-11-10-22-47(53)44-68(70(69)72)74(50-27-8-3-9-28-50)52-41-42-66-59(46-52)56-32-14-19-37-63(56)71(66)61-35-17-12-30-54(61)55-31-13-18-36-62(55)71/h1-46H. The highest BCUT2D eigenvalue weighted by Gasteiger charge is 2.55. The molecule has 0 aliphatic heterocycles. The maximum Gasteiger partial charge on any atom is 0.0746 e. The number of hydrogen-bond acceptors (Lipinski definition) is 2. The van der Waals surface area contributed by atoms with Crippen molar-refractivity contribution in [2.24, 2.45) is 0 Å². The molecule has 16 rings (SSSR count). The first-order valence-electron chi connectivity index (χ1n) is 25.8. The zero-order chi connectivity index (χ0) is 48.5. The first kappa shape index (κ1) is 41.2. The number of para-hydroxylation sites is 3. The minimum atomic E-state index is -0.655. The number of hydrogen-bond donors (Lipinski definition) is 0. The van der Waals surface area contributed by atoms with Crippen molar-refractivity contribution in [1.82, 2.24) is 0 Å². The van der Waals surface area contributed by atoms with E-state index in [0.29, 0.717) is 0 Å². The fourth-order valence-electron chi connectivity index (χ4n) is 14.1. The van der Waals surface area contributed by atoms with Crippen LogP contribution in [0, 0.1) is 0 Å². The molecular weight excluding hydrogens is 893 g/mol. The summed E-state index contributed by atoms with van der Waals surface area (Å²) in [5.74, 6) is 0. The van der Waals surface area contributed by atoms with Gasteiger partial charge in [-0.05, 0) is 161 Å². The van der Waals surface area contributed by atoms with E-state index in [2.05, 4.69) is 289 Å². The average Bonchev–Trinajstić information content (AvgIpc) is 4.16. The molecule has 0 N–H and O–H groups in total. The van der Waals surface area contributed by atoms with Crippen LogP contribution in [0.1, 0.15) is 44.5 Å². The fourth-order valence-corrected chi connectivity index (χ4v) is 14.1. The molecule has 4 aliphatic rings. The van der Waals surface area contributed by atoms with Crippen LogP contribution in [-0.2, 0) is 10.8 Å². The molecule has 344 valence electrons. The second-order valence-electron chi connectivity index (χ2n) is 20.2. The van der Waals surface area contributed by atoms with Crippen LogP contribution in [0.5, 0.6) is 0 Å². The second-order valence-corrected chi connectivity index (χ2v) is 20.2. The third-order valence-electron chi connectivity index (χ3n) is 16.8. The molecule has 0 radical (unpaired) electrons. The molecule has 74 heavy (non-hydrogen) atoms. The minimum absolute atomic E-state index is 0.433. The van der Waals surface area contributed by atoms with Gasteiger partial charge in [-0.15, -0.1) is 0 Å². The Balaban J connectivity index is 0.987. The Morgan fingerprint density at radius 2 is 0.581 bits per heavy atom. The molecule has 2 spiro atoms. The lowest BCUT2D eigenvalue weighted by molar-refractivity contribution is 0.792. The molecule has 12 aromatic rings. The number of nitrogens with zero attached hydrogens (tertiary/aromatic N) is 2. The third kappa shape index (κ3) is 5.33. The molecule has 2 nitrogen and oxygen atoms in total. The summed E-state index contributed by atoms with van der Waals surface area (Å²) in [6.45, 7) is 0. The summed E-state index contributed by atoms with van der Waals surface area (Å²) >= 11 is 0. The Labute approximate surface area is 431 Å². The van der Waals surface area contributed by atoms with E-state index in [9.17, 15) is 0 Å². The number of anilines is 6. The SMILES string of the molecule is c1ccc(N(c2ccccc2)c2ccc3c(c2)-c2ccccc2C32c3ccccc3-c3c2c(N(c2ccccc2)c2ccc4c(c2)-c2ccccc2C42c4ccccc4-c4ccccc42)cc2ccccc32)cc1. The van der Waals surface area contributed by atoms with Gasteiger partial charge in [0, 0.05) is 34.0 Å². The number of fused-ring (bicyclic) bond motifs is 22. The van der Waals surface area contributed by atoms with Crippen LogP contribution < -0.4 is 9.80 Å². The molecule has 1 unspecified atom stereocenters. The predicted octanol–water partition coefficient (Wildman–Crippen LogP) is 18.5. The highest BCUT2D eigenvalue weighted by atomic mass is 15.2. The normalized spacial score (nSPS) is 15.2. The lowest BCUT2D eigenvalue weighted by Crippen LogP contribution is -2.28. The molecule has 2 heteroatoms. The van der Waals surface area contributed by atoms with Gasteiger partial charge in [0.05, 0.1) is 16.5 Å². The van der Waals surface area contributed by atoms with Crippen molar-refractivity contribution in [3.05, 3.63) is 324 Å². The van der Waals surface area contributed by atoms with Crippen molar-refractivity contribution < 1.29 is 0 Å². The van der Waals surface area contributed by atoms with Gasteiger partial charge in [0.1, 0.15) is 0 Å². The van der Waals surface area contributed by atoms with Crippen LogP contribution >= 0.6 is 0 Å². The number of rotatable bonds is 6. The average molecular weight is 939 g/mol. The van der Waals surface area contributed by atoms with Crippen LogP contribution in [0.3, 0.4) is 0 Å². The van der Waals surface area contributed by atoms with Crippen molar-refractivity contribution in [2.75, 3.05) is 9.80 Å². The summed E-state index contributed by atoms with van der Waals surface area (Å²) in [5.41, 5.74) is 26.5. The molecule has 0 saturated heterocycles. The Morgan fingerprint density at radius 3 is 1.09 bits per heavy atom. The van der Waals surface area contributed by atoms with Crippen molar-refractivity contribution in [3.63, 3.8) is 0 Å². The van der Waals surface area contributed by atoms with E-state index in [1.54, 1.807) is 0 Å². The molecule has 12 aromatic carbocycles. The summed E-state index contributed by atoms with van der Waals surface area (Å²) in [4.78, 5) is 4.96. The Bertz CT molecular complexity index is 4190. The molecule has 0 saturated carbocycles. The molecule has 4 aliphatic carbocycles. The van der Waals surface area contributed by atoms with Crippen LogP contribution in [0.4, 0.5) is 34.1 Å². The number of benzene rings is 12. The molecule has 0 amide bonds. The van der Waals surface area contributed by atoms with E-state index < -0.39 is 10.8 Å². The first-order valence-corrected chi connectivity index (χ1v) is 25.8. The highest BCUT2D eigenvalue weighted by Crippen LogP contribution is 2.68. The van der Waals surface area contributed by atoms with Crippen molar-refractivity contribution >= 4 is 44.9 Å². The quantitative estimate of drug-likeness (QED) is 0.164. The van der Waals surface area contributed by atoms with Crippen molar-refractivity contribution in [3.8, 4) is 44.5 Å². The highest BCUT2D eigenvalue weighted by molar-refractivity contribution is 6.11. The van der Waals surface area contributed by atoms with E-state index >= 15 is 0 Å². The zero-order valence-corrected chi connectivity index (χ0v) is 40.5. The van der Waals surface area contributed by atoms with Crippen LogP contribution in [0.2, 0.25) is 0 Å². The van der Waals surface area contributed by atoms with Gasteiger partial charge in [0.25, 0.3) is 0 Å². The monoisotopic (exact) mass is 938 g/mol. The Hall–Kier alpha value is -9.50. The van der Waals surface area contributed by atoms with Gasteiger partial charge >= 0.3 is 0 Å². The Morgan fingerprint density at radius 1 is 0.230 bits per heavy atom. The topological polar surface area (TPSA) is 6.48 Å². The molecule has 1 atom stereocenters. The summed E-state index contributed by atoms with van der Waals surface area (Å²) < 4.78 is 0. The van der Waals surface area contributed by atoms with E-state index in [1.165, 1.54) is 105 Å². The lowest BCUT2D eigenvalue weighted by atomic mass is 9.69. The zero-order valence-electron chi connectivity index (χ0n) is 40.5. The van der Waals surface area contributed by atoms with Gasteiger partial charge in [-0.1, -0.05) is 212 Å². The predicted molar refractivity (Wildman–Crippen MR) is 306 cm³/mol. The van der Waals surface area contributed by atoms with E-state index in [4.69, 9.17) is 0 Å². The summed E-state index contributed by atoms with van der Waals surface area (Å²) in [6, 6.07) is 105. The van der Waals surface area contributed by atoms with Crippen molar-refractivity contribution in [2.45, 2.75) is 10.8 Å². The molecule has 0 fully saturated rings. The molecular formula is C72H46N2. The minimum Gasteiger partial charge on any atom is -0.310 e. The van der Waals surface area contributed by atoms with Crippen LogP contribution in [-0.4, -0.2) is 0 Å². The maximum absolute atomic E-state index is 2.57. The molecule has 0 heterocycles. The smallest absolute Gasteiger partial charge is 0.0746 e. The van der Waals surface area contributed by atoms with E-state index in [-0.39, 0.29) is 0 Å². The summed E-state index contributed by atoms with van der Waals surface area (Å²) in [6.07, 6.45) is 0. The fraction of sp³-hybridized carbons (Fsp3) is 0.0278. The summed E-state index contributed by atoms with van der Waals surface area (Å²) in [7, 11) is 0. The molecule has 0 aromatic heterocycles. The van der Waals surface area contributed by atoms with Crippen LogP contribution in [0.15, 0.2) is 279 Å². The van der Waals surface area contributed by atoms with E-state index in [0.717, 1.165) is 28.4 Å². The molecule has 0 bridgehead atoms. The first-order chi connectivity index (χ1) is 36.7. The van der Waals surface area contributed by atoms with Gasteiger partial charge in [0.2, 0.25) is 0 Å². The third-order valence-corrected chi connectivity index (χ3v) is 16.8. The van der Waals surface area contributed by atoms with Crippen LogP contribution in [0.25, 0.3) is 55.3 Å². The largest absolute Gasteiger partial charge is 0.310 e. The van der Waals surface area contributed by atoms with Gasteiger partial charge in [-0.2, -0.15) is 0 Å². The summed E-state index contributed by atoms with van der Waals surface area (Å²) in [5, 5.41) is 2.47. The Kier molecular flexibility index (Phi) is 8.62. The van der Waals surface area contributed by atoms with Crippen molar-refractivity contribution in [1.29, 1.82) is 0 Å². The van der Waals surface area contributed by atoms with Gasteiger partial charge in [-0.3, -0.25) is 0 Å². The van der Waals surface area contributed by atoms with Gasteiger partial charge < -0.3 is 9.80 Å². The second kappa shape index (κ2) is 15.5. The maximum atomic E-state index is 2.57. The van der Waals surface area contributed by atoms with Gasteiger partial charge in [-0.25, -0.2) is 0 Å². The van der Waals surface area contributed by atoms with Gasteiger partial charge in [0.15, 0.2) is 0 Å².